The molecule has 1 aromatic rings. The molecule has 134 valence electrons. The monoisotopic (exact) mass is 341 g/mol. The van der Waals surface area contributed by atoms with Gasteiger partial charge in [0.05, 0.1) is 17.0 Å². The standard InChI is InChI=1S/C21H27NO3/c1-6-12-22-19(23)17(16-13(2)8-7-9-14(16)3)18(21(22,4)5)25-20(24)15-10-11-15/h7-9,15H,6,10-12H2,1-5H3. The maximum Gasteiger partial charge on any atom is 0.314 e. The van der Waals surface area contributed by atoms with Crippen LogP contribution in [0.2, 0.25) is 0 Å². The molecule has 0 radical (unpaired) electrons. The van der Waals surface area contributed by atoms with Crippen molar-refractivity contribution in [2.75, 3.05) is 6.54 Å². The molecule has 3 rings (SSSR count). The van der Waals surface area contributed by atoms with Crippen molar-refractivity contribution in [3.05, 3.63) is 40.6 Å². The lowest BCUT2D eigenvalue weighted by atomic mass is 9.93. The van der Waals surface area contributed by atoms with Crippen molar-refractivity contribution >= 4 is 17.4 Å². The van der Waals surface area contributed by atoms with Crippen molar-refractivity contribution in [1.82, 2.24) is 4.90 Å². The molecule has 0 saturated heterocycles. The average Bonchev–Trinajstić information content (AvgIpc) is 3.36. The number of ether oxygens (including phenoxy) is 1. The number of carbonyl (C=O) groups is 2. The van der Waals surface area contributed by atoms with Crippen LogP contribution in [0.25, 0.3) is 5.57 Å². The van der Waals surface area contributed by atoms with Crippen LogP contribution in [0.3, 0.4) is 0 Å². The summed E-state index contributed by atoms with van der Waals surface area (Å²) >= 11 is 0. The van der Waals surface area contributed by atoms with E-state index in [4.69, 9.17) is 4.74 Å². The van der Waals surface area contributed by atoms with Crippen molar-refractivity contribution in [2.45, 2.75) is 59.4 Å². The van der Waals surface area contributed by atoms with Gasteiger partial charge in [0.15, 0.2) is 0 Å². The van der Waals surface area contributed by atoms with E-state index in [9.17, 15) is 9.59 Å². The van der Waals surface area contributed by atoms with Gasteiger partial charge in [0.25, 0.3) is 5.91 Å². The molecule has 2 aliphatic rings. The van der Waals surface area contributed by atoms with Crippen LogP contribution in [-0.2, 0) is 14.3 Å². The fourth-order valence-corrected chi connectivity index (χ4v) is 3.63. The van der Waals surface area contributed by atoms with Gasteiger partial charge >= 0.3 is 5.97 Å². The Kier molecular flexibility index (Phi) is 4.48. The zero-order valence-electron chi connectivity index (χ0n) is 15.8. The highest BCUT2D eigenvalue weighted by Crippen LogP contribution is 2.44. The predicted octanol–water partition coefficient (Wildman–Crippen LogP) is 4.00. The maximum atomic E-state index is 13.3. The molecule has 0 spiro atoms. The van der Waals surface area contributed by atoms with E-state index in [0.717, 1.165) is 36.0 Å². The highest BCUT2D eigenvalue weighted by Gasteiger charge is 2.49. The minimum absolute atomic E-state index is 0.00200. The molecule has 1 aromatic carbocycles. The van der Waals surface area contributed by atoms with E-state index in [0.29, 0.717) is 17.9 Å². The van der Waals surface area contributed by atoms with Gasteiger partial charge in [-0.2, -0.15) is 0 Å². The molecule has 0 unspecified atom stereocenters. The molecule has 1 saturated carbocycles. The minimum atomic E-state index is -0.623. The largest absolute Gasteiger partial charge is 0.427 e. The summed E-state index contributed by atoms with van der Waals surface area (Å²) in [7, 11) is 0. The Hall–Kier alpha value is -2.10. The Morgan fingerprint density at radius 2 is 1.84 bits per heavy atom. The van der Waals surface area contributed by atoms with E-state index in [1.807, 2.05) is 50.8 Å². The third-order valence-electron chi connectivity index (χ3n) is 5.21. The van der Waals surface area contributed by atoms with E-state index in [1.165, 1.54) is 0 Å². The Morgan fingerprint density at radius 1 is 1.24 bits per heavy atom. The van der Waals surface area contributed by atoms with Crippen LogP contribution in [0, 0.1) is 19.8 Å². The number of benzene rings is 1. The van der Waals surface area contributed by atoms with Crippen LogP contribution in [0.1, 0.15) is 56.7 Å². The van der Waals surface area contributed by atoms with Gasteiger partial charge < -0.3 is 9.64 Å². The molecular formula is C21H27NO3. The molecule has 1 fully saturated rings. The summed E-state index contributed by atoms with van der Waals surface area (Å²) in [4.78, 5) is 27.5. The van der Waals surface area contributed by atoms with Gasteiger partial charge in [-0.25, -0.2) is 0 Å². The molecule has 0 atom stereocenters. The van der Waals surface area contributed by atoms with E-state index in [1.54, 1.807) is 0 Å². The zero-order chi connectivity index (χ0) is 18.4. The number of hydrogen-bond donors (Lipinski definition) is 0. The summed E-state index contributed by atoms with van der Waals surface area (Å²) in [5, 5.41) is 0. The van der Waals surface area contributed by atoms with Crippen LogP contribution >= 0.6 is 0 Å². The molecule has 4 heteroatoms. The molecule has 0 aromatic heterocycles. The third kappa shape index (κ3) is 2.99. The van der Waals surface area contributed by atoms with Gasteiger partial charge in [0.1, 0.15) is 5.76 Å². The lowest BCUT2D eigenvalue weighted by Crippen LogP contribution is -2.44. The number of hydrogen-bond acceptors (Lipinski definition) is 3. The molecule has 1 heterocycles. The SMILES string of the molecule is CCCN1C(=O)C(c2c(C)cccc2C)=C(OC(=O)C2CC2)C1(C)C. The van der Waals surface area contributed by atoms with Crippen LogP contribution in [0.5, 0.6) is 0 Å². The Labute approximate surface area is 149 Å². The van der Waals surface area contributed by atoms with Gasteiger partial charge in [-0.3, -0.25) is 9.59 Å². The number of amides is 1. The molecule has 1 aliphatic carbocycles. The van der Waals surface area contributed by atoms with Gasteiger partial charge in [-0.1, -0.05) is 25.1 Å². The fourth-order valence-electron chi connectivity index (χ4n) is 3.63. The normalized spacial score (nSPS) is 19.6. The second kappa shape index (κ2) is 6.32. The summed E-state index contributed by atoms with van der Waals surface area (Å²) in [6, 6.07) is 5.98. The lowest BCUT2D eigenvalue weighted by molar-refractivity contribution is -0.143. The fraction of sp³-hybridized carbons (Fsp3) is 0.524. The van der Waals surface area contributed by atoms with Crippen molar-refractivity contribution < 1.29 is 14.3 Å². The van der Waals surface area contributed by atoms with Crippen LogP contribution in [-0.4, -0.2) is 28.9 Å². The topological polar surface area (TPSA) is 46.6 Å². The van der Waals surface area contributed by atoms with Crippen molar-refractivity contribution in [1.29, 1.82) is 0 Å². The first kappa shape index (κ1) is 17.7. The van der Waals surface area contributed by atoms with Gasteiger partial charge in [0.2, 0.25) is 0 Å². The highest BCUT2D eigenvalue weighted by molar-refractivity contribution is 6.24. The van der Waals surface area contributed by atoms with E-state index in [-0.39, 0.29) is 17.8 Å². The molecule has 0 bridgehead atoms. The Balaban J connectivity index is 2.15. The lowest BCUT2D eigenvalue weighted by Gasteiger charge is -2.33. The number of rotatable bonds is 5. The van der Waals surface area contributed by atoms with Crippen LogP contribution in [0.4, 0.5) is 0 Å². The second-order valence-corrected chi connectivity index (χ2v) is 7.68. The minimum Gasteiger partial charge on any atom is -0.427 e. The van der Waals surface area contributed by atoms with Gasteiger partial charge in [0, 0.05) is 6.54 Å². The first-order valence-electron chi connectivity index (χ1n) is 9.14. The molecule has 1 amide bonds. The first-order valence-corrected chi connectivity index (χ1v) is 9.14. The van der Waals surface area contributed by atoms with Crippen LogP contribution in [0.15, 0.2) is 24.0 Å². The highest BCUT2D eigenvalue weighted by atomic mass is 16.5. The first-order chi connectivity index (χ1) is 11.8. The summed E-state index contributed by atoms with van der Waals surface area (Å²) in [5.41, 5.74) is 2.89. The van der Waals surface area contributed by atoms with Crippen molar-refractivity contribution in [2.24, 2.45) is 5.92 Å². The third-order valence-corrected chi connectivity index (χ3v) is 5.21. The summed E-state index contributed by atoms with van der Waals surface area (Å²) in [6.45, 7) is 10.6. The molecule has 0 N–H and O–H groups in total. The Bertz CT molecular complexity index is 736. The maximum absolute atomic E-state index is 13.3. The summed E-state index contributed by atoms with van der Waals surface area (Å²) in [5.74, 6) is 0.277. The quantitative estimate of drug-likeness (QED) is 0.761. The zero-order valence-corrected chi connectivity index (χ0v) is 15.8. The number of carbonyl (C=O) groups excluding carboxylic acids is 2. The van der Waals surface area contributed by atoms with E-state index < -0.39 is 5.54 Å². The molecule has 25 heavy (non-hydrogen) atoms. The van der Waals surface area contributed by atoms with E-state index in [2.05, 4.69) is 6.92 Å². The second-order valence-electron chi connectivity index (χ2n) is 7.68. The van der Waals surface area contributed by atoms with Crippen molar-refractivity contribution in [3.8, 4) is 0 Å². The van der Waals surface area contributed by atoms with Gasteiger partial charge in [-0.15, -0.1) is 0 Å². The predicted molar refractivity (Wildman–Crippen MR) is 97.7 cm³/mol. The smallest absolute Gasteiger partial charge is 0.314 e. The van der Waals surface area contributed by atoms with Gasteiger partial charge in [-0.05, 0) is 63.6 Å². The summed E-state index contributed by atoms with van der Waals surface area (Å²) < 4.78 is 5.85. The van der Waals surface area contributed by atoms with Crippen LogP contribution < -0.4 is 0 Å². The summed E-state index contributed by atoms with van der Waals surface area (Å²) in [6.07, 6.45) is 2.63. The van der Waals surface area contributed by atoms with E-state index >= 15 is 0 Å². The molecular weight excluding hydrogens is 314 g/mol. The van der Waals surface area contributed by atoms with Crippen molar-refractivity contribution in [3.63, 3.8) is 0 Å². The number of aryl methyl sites for hydroxylation is 2. The average molecular weight is 341 g/mol. The number of esters is 1. The Morgan fingerprint density at radius 3 is 2.36 bits per heavy atom. The molecule has 1 aliphatic heterocycles. The number of nitrogens with zero attached hydrogens (tertiary/aromatic N) is 1. The molecule has 4 nitrogen and oxygen atoms in total.